The molecule has 0 radical (unpaired) electrons. The van der Waals surface area contributed by atoms with E-state index >= 15 is 0 Å². The highest BCUT2D eigenvalue weighted by Gasteiger charge is 2.14. The van der Waals surface area contributed by atoms with E-state index in [9.17, 15) is 10.2 Å². The molecule has 0 fully saturated rings. The van der Waals surface area contributed by atoms with Gasteiger partial charge in [-0.1, -0.05) is 34.1 Å². The van der Waals surface area contributed by atoms with Crippen LogP contribution in [-0.2, 0) is 0 Å². The fourth-order valence-electron chi connectivity index (χ4n) is 2.03. The predicted molar refractivity (Wildman–Crippen MR) is 71.5 cm³/mol. The van der Waals surface area contributed by atoms with Crippen LogP contribution in [0.4, 0.5) is 0 Å². The molecule has 2 N–H and O–H groups in total. The molecule has 0 bridgehead atoms. The Balaban J connectivity index is 2.58. The maximum absolute atomic E-state index is 9.75. The number of phenolic OH excluding ortho intramolecular Hbond substituents is 2. The molecule has 0 saturated carbocycles. The van der Waals surface area contributed by atoms with Crippen LogP contribution in [-0.4, -0.2) is 10.2 Å². The first kappa shape index (κ1) is 13.9. The molecule has 0 aliphatic carbocycles. The summed E-state index contributed by atoms with van der Waals surface area (Å²) in [5.74, 6) is 0.788. The van der Waals surface area contributed by atoms with E-state index in [-0.39, 0.29) is 17.4 Å². The number of hydrogen-bond acceptors (Lipinski definition) is 2. The molecule has 0 saturated heterocycles. The molecule has 17 heavy (non-hydrogen) atoms. The minimum atomic E-state index is 0.223. The van der Waals surface area contributed by atoms with E-state index in [1.165, 1.54) is 12.5 Å². The van der Waals surface area contributed by atoms with Crippen LogP contribution in [0.2, 0.25) is 0 Å². The van der Waals surface area contributed by atoms with E-state index < -0.39 is 0 Å². The van der Waals surface area contributed by atoms with E-state index in [2.05, 4.69) is 27.7 Å². The Kier molecular flexibility index (Phi) is 4.44. The number of aromatic hydroxyl groups is 2. The van der Waals surface area contributed by atoms with Gasteiger partial charge in [0.15, 0.2) is 0 Å². The molecular formula is C15H24O2. The minimum Gasteiger partial charge on any atom is -0.508 e. The third kappa shape index (κ3) is 4.68. The van der Waals surface area contributed by atoms with Crippen molar-refractivity contribution in [3.05, 3.63) is 23.8 Å². The zero-order valence-corrected chi connectivity index (χ0v) is 11.3. The largest absolute Gasteiger partial charge is 0.508 e. The molecule has 0 aliphatic heterocycles. The Labute approximate surface area is 104 Å². The zero-order chi connectivity index (χ0) is 13.1. The normalized spacial score (nSPS) is 13.6. The quantitative estimate of drug-likeness (QED) is 0.760. The molecule has 0 spiro atoms. The van der Waals surface area contributed by atoms with Gasteiger partial charge in [0.05, 0.1) is 0 Å². The van der Waals surface area contributed by atoms with Crippen LogP contribution in [0.1, 0.15) is 58.4 Å². The summed E-state index contributed by atoms with van der Waals surface area (Å²) >= 11 is 0. The van der Waals surface area contributed by atoms with Crippen molar-refractivity contribution >= 4 is 0 Å². The molecule has 0 aromatic heterocycles. The van der Waals surface area contributed by atoms with Crippen molar-refractivity contribution in [2.45, 2.75) is 52.9 Å². The lowest BCUT2D eigenvalue weighted by Crippen LogP contribution is -2.05. The van der Waals surface area contributed by atoms with Gasteiger partial charge < -0.3 is 10.2 Å². The molecule has 1 unspecified atom stereocenters. The van der Waals surface area contributed by atoms with E-state index in [1.807, 2.05) is 0 Å². The molecule has 96 valence electrons. The summed E-state index contributed by atoms with van der Waals surface area (Å²) in [7, 11) is 0. The summed E-state index contributed by atoms with van der Waals surface area (Å²) < 4.78 is 0. The van der Waals surface area contributed by atoms with E-state index in [0.717, 1.165) is 18.4 Å². The Morgan fingerprint density at radius 3 is 2.41 bits per heavy atom. The van der Waals surface area contributed by atoms with Crippen LogP contribution in [0, 0.1) is 5.41 Å². The van der Waals surface area contributed by atoms with Crippen LogP contribution in [0.5, 0.6) is 11.5 Å². The maximum Gasteiger partial charge on any atom is 0.119 e. The molecule has 1 aromatic rings. The molecule has 1 atom stereocenters. The van der Waals surface area contributed by atoms with Crippen LogP contribution in [0.3, 0.4) is 0 Å². The summed E-state index contributed by atoms with van der Waals surface area (Å²) in [6.45, 7) is 8.81. The summed E-state index contributed by atoms with van der Waals surface area (Å²) in [6, 6.07) is 4.74. The van der Waals surface area contributed by atoms with Gasteiger partial charge in [0, 0.05) is 5.56 Å². The average molecular weight is 236 g/mol. The monoisotopic (exact) mass is 236 g/mol. The fraction of sp³-hybridized carbons (Fsp3) is 0.600. The number of benzene rings is 1. The molecule has 2 heteroatoms. The Hall–Kier alpha value is -1.18. The summed E-state index contributed by atoms with van der Waals surface area (Å²) in [6.07, 6.45) is 3.35. The fourth-order valence-corrected chi connectivity index (χ4v) is 2.03. The Morgan fingerprint density at radius 1 is 1.18 bits per heavy atom. The van der Waals surface area contributed by atoms with Gasteiger partial charge in [0.1, 0.15) is 11.5 Å². The van der Waals surface area contributed by atoms with E-state index in [0.29, 0.717) is 5.41 Å². The summed E-state index contributed by atoms with van der Waals surface area (Å²) in [5, 5.41) is 19.2. The first-order chi connectivity index (χ1) is 7.79. The van der Waals surface area contributed by atoms with Crippen LogP contribution >= 0.6 is 0 Å². The number of rotatable bonds is 4. The van der Waals surface area contributed by atoms with Gasteiger partial charge in [-0.2, -0.15) is 0 Å². The highest BCUT2D eigenvalue weighted by molar-refractivity contribution is 5.40. The second-order valence-electron chi connectivity index (χ2n) is 6.10. The minimum absolute atomic E-state index is 0.223. The van der Waals surface area contributed by atoms with Gasteiger partial charge in [-0.05, 0) is 42.4 Å². The van der Waals surface area contributed by atoms with Crippen molar-refractivity contribution in [3.8, 4) is 11.5 Å². The van der Waals surface area contributed by atoms with Crippen LogP contribution in [0.15, 0.2) is 18.2 Å². The van der Waals surface area contributed by atoms with Crippen molar-refractivity contribution < 1.29 is 10.2 Å². The molecule has 0 aliphatic rings. The predicted octanol–water partition coefficient (Wildman–Crippen LogP) is 4.42. The van der Waals surface area contributed by atoms with Gasteiger partial charge in [-0.25, -0.2) is 0 Å². The van der Waals surface area contributed by atoms with Crippen molar-refractivity contribution in [2.75, 3.05) is 0 Å². The van der Waals surface area contributed by atoms with Gasteiger partial charge in [-0.15, -0.1) is 0 Å². The lowest BCUT2D eigenvalue weighted by atomic mass is 9.86. The third-order valence-electron chi connectivity index (χ3n) is 3.11. The van der Waals surface area contributed by atoms with E-state index in [1.54, 1.807) is 12.1 Å². The van der Waals surface area contributed by atoms with Crippen LogP contribution in [0.25, 0.3) is 0 Å². The number of hydrogen-bond donors (Lipinski definition) is 2. The second kappa shape index (κ2) is 5.44. The molecular weight excluding hydrogens is 212 g/mol. The summed E-state index contributed by atoms with van der Waals surface area (Å²) in [5.41, 5.74) is 1.21. The number of phenols is 2. The third-order valence-corrected chi connectivity index (χ3v) is 3.11. The first-order valence-electron chi connectivity index (χ1n) is 6.31. The molecule has 1 rings (SSSR count). The smallest absolute Gasteiger partial charge is 0.119 e. The summed E-state index contributed by atoms with van der Waals surface area (Å²) in [4.78, 5) is 0. The van der Waals surface area contributed by atoms with Crippen molar-refractivity contribution in [1.29, 1.82) is 0 Å². The second-order valence-corrected chi connectivity index (χ2v) is 6.10. The standard InChI is InChI=1S/C15H24O2/c1-11(6-5-9-15(2,3)4)13-10-12(16)7-8-14(13)17/h7-8,10-11,16-17H,5-6,9H2,1-4H3. The van der Waals surface area contributed by atoms with Gasteiger partial charge in [0.2, 0.25) is 0 Å². The van der Waals surface area contributed by atoms with Crippen molar-refractivity contribution in [2.24, 2.45) is 5.41 Å². The molecule has 0 amide bonds. The van der Waals surface area contributed by atoms with Gasteiger partial charge in [0.25, 0.3) is 0 Å². The highest BCUT2D eigenvalue weighted by Crippen LogP contribution is 2.33. The van der Waals surface area contributed by atoms with E-state index in [4.69, 9.17) is 0 Å². The maximum atomic E-state index is 9.75. The van der Waals surface area contributed by atoms with Gasteiger partial charge in [-0.3, -0.25) is 0 Å². The molecule has 0 heterocycles. The topological polar surface area (TPSA) is 40.5 Å². The lowest BCUT2D eigenvalue weighted by Gasteiger charge is -2.20. The first-order valence-corrected chi connectivity index (χ1v) is 6.31. The average Bonchev–Trinajstić information content (AvgIpc) is 2.19. The van der Waals surface area contributed by atoms with Crippen molar-refractivity contribution in [3.63, 3.8) is 0 Å². The Bertz CT molecular complexity index is 364. The Morgan fingerprint density at radius 2 is 1.82 bits per heavy atom. The lowest BCUT2D eigenvalue weighted by molar-refractivity contribution is 0.353. The molecule has 1 aromatic carbocycles. The zero-order valence-electron chi connectivity index (χ0n) is 11.3. The highest BCUT2D eigenvalue weighted by atomic mass is 16.3. The van der Waals surface area contributed by atoms with Crippen LogP contribution < -0.4 is 0 Å². The molecule has 2 nitrogen and oxygen atoms in total. The van der Waals surface area contributed by atoms with Gasteiger partial charge >= 0.3 is 0 Å². The van der Waals surface area contributed by atoms with Crippen molar-refractivity contribution in [1.82, 2.24) is 0 Å². The SMILES string of the molecule is CC(CCCC(C)(C)C)c1cc(O)ccc1O.